The molecule has 1 aromatic rings. The molecule has 19 heavy (non-hydrogen) atoms. The molecule has 0 aliphatic rings. The zero-order chi connectivity index (χ0) is 14.4. The minimum Gasteiger partial charge on any atom is -0.397 e. The Morgan fingerprint density at radius 3 is 2.37 bits per heavy atom. The van der Waals surface area contributed by atoms with Crippen LogP contribution in [0.5, 0.6) is 0 Å². The largest absolute Gasteiger partial charge is 0.397 e. The summed E-state index contributed by atoms with van der Waals surface area (Å²) >= 11 is 0. The van der Waals surface area contributed by atoms with Crippen molar-refractivity contribution in [2.75, 3.05) is 17.6 Å². The van der Waals surface area contributed by atoms with E-state index in [0.717, 1.165) is 24.1 Å². The van der Waals surface area contributed by atoms with Crippen LogP contribution < -0.4 is 11.1 Å². The summed E-state index contributed by atoms with van der Waals surface area (Å²) in [5, 5.41) is 20.8. The highest BCUT2D eigenvalue weighted by molar-refractivity contribution is 5.75. The fourth-order valence-electron chi connectivity index (χ4n) is 2.19. The van der Waals surface area contributed by atoms with Gasteiger partial charge in [-0.2, -0.15) is 10.5 Å². The predicted molar refractivity (Wildman–Crippen MR) is 77.6 cm³/mol. The smallest absolute Gasteiger partial charge is 0.150 e. The lowest BCUT2D eigenvalue weighted by Crippen LogP contribution is -2.15. The number of nitrogens with one attached hydrogen (secondary N) is 1. The highest BCUT2D eigenvalue weighted by Gasteiger charge is 2.14. The van der Waals surface area contributed by atoms with Gasteiger partial charge in [0, 0.05) is 6.54 Å². The quantitative estimate of drug-likeness (QED) is 0.793. The third-order valence-electron chi connectivity index (χ3n) is 3.30. The first kappa shape index (κ1) is 14.9. The Morgan fingerprint density at radius 1 is 1.26 bits per heavy atom. The third-order valence-corrected chi connectivity index (χ3v) is 3.30. The third kappa shape index (κ3) is 3.17. The Labute approximate surface area is 114 Å². The van der Waals surface area contributed by atoms with E-state index in [0.29, 0.717) is 12.2 Å². The van der Waals surface area contributed by atoms with Crippen molar-refractivity contribution in [1.82, 2.24) is 0 Å². The maximum atomic E-state index is 8.81. The summed E-state index contributed by atoms with van der Waals surface area (Å²) in [6.07, 6.45) is 1.82. The van der Waals surface area contributed by atoms with Crippen molar-refractivity contribution in [3.63, 3.8) is 0 Å². The number of benzene rings is 1. The highest BCUT2D eigenvalue weighted by atomic mass is 14.9. The number of nitrogen functional groups attached to an aromatic ring is 1. The van der Waals surface area contributed by atoms with E-state index in [1.165, 1.54) is 11.1 Å². The number of hydrogen-bond acceptors (Lipinski definition) is 4. The number of hydrogen-bond donors (Lipinski definition) is 2. The van der Waals surface area contributed by atoms with Crippen molar-refractivity contribution in [2.24, 2.45) is 5.92 Å². The first-order valence-corrected chi connectivity index (χ1v) is 6.52. The number of nitrogens with zero attached hydrogens (tertiary/aromatic N) is 2. The molecule has 0 aromatic heterocycles. The lowest BCUT2D eigenvalue weighted by atomic mass is 9.96. The Kier molecular flexibility index (Phi) is 5.21. The second-order valence-corrected chi connectivity index (χ2v) is 4.52. The monoisotopic (exact) mass is 256 g/mol. The molecule has 1 rings (SSSR count). The molecule has 0 fully saturated rings. The predicted octanol–water partition coefficient (Wildman–Crippen LogP) is 2.78. The minimum atomic E-state index is -0.658. The molecule has 0 spiro atoms. The van der Waals surface area contributed by atoms with Gasteiger partial charge in [0.05, 0.1) is 23.5 Å². The first-order valence-electron chi connectivity index (χ1n) is 6.52. The summed E-state index contributed by atoms with van der Waals surface area (Å²) in [6, 6.07) is 6.03. The molecule has 4 nitrogen and oxygen atoms in total. The van der Waals surface area contributed by atoms with Crippen molar-refractivity contribution in [3.8, 4) is 12.1 Å². The van der Waals surface area contributed by atoms with Crippen molar-refractivity contribution < 1.29 is 0 Å². The summed E-state index contributed by atoms with van der Waals surface area (Å²) in [4.78, 5) is 0. The average Bonchev–Trinajstić information content (AvgIpc) is 2.43. The first-order chi connectivity index (χ1) is 9.08. The lowest BCUT2D eigenvalue weighted by molar-refractivity contribution is 0.883. The van der Waals surface area contributed by atoms with Gasteiger partial charge >= 0.3 is 0 Å². The topological polar surface area (TPSA) is 85.6 Å². The molecule has 3 N–H and O–H groups in total. The normalized spacial score (nSPS) is 10.0. The van der Waals surface area contributed by atoms with Crippen LogP contribution in [0.15, 0.2) is 6.07 Å². The van der Waals surface area contributed by atoms with Gasteiger partial charge in [0.1, 0.15) is 5.92 Å². The summed E-state index contributed by atoms with van der Waals surface area (Å²) in [5.41, 5.74) is 11.2. The van der Waals surface area contributed by atoms with Crippen LogP contribution in [0.2, 0.25) is 0 Å². The molecular weight excluding hydrogens is 236 g/mol. The van der Waals surface area contributed by atoms with Crippen LogP contribution in [-0.4, -0.2) is 6.54 Å². The maximum Gasteiger partial charge on any atom is 0.150 e. The van der Waals surface area contributed by atoms with E-state index < -0.39 is 5.92 Å². The summed E-state index contributed by atoms with van der Waals surface area (Å²) in [6.45, 7) is 6.48. The van der Waals surface area contributed by atoms with Gasteiger partial charge in [0.2, 0.25) is 0 Å². The summed E-state index contributed by atoms with van der Waals surface area (Å²) in [5.74, 6) is -0.658. The van der Waals surface area contributed by atoms with Gasteiger partial charge in [-0.1, -0.05) is 19.9 Å². The number of rotatable bonds is 5. The van der Waals surface area contributed by atoms with Crippen LogP contribution in [0.1, 0.15) is 30.5 Å². The molecule has 0 atom stereocenters. The molecule has 0 aliphatic heterocycles. The molecular formula is C15H20N4. The van der Waals surface area contributed by atoms with Crippen LogP contribution in [0, 0.1) is 35.5 Å². The fourth-order valence-corrected chi connectivity index (χ4v) is 2.19. The average molecular weight is 256 g/mol. The van der Waals surface area contributed by atoms with Crippen molar-refractivity contribution in [1.29, 1.82) is 10.5 Å². The van der Waals surface area contributed by atoms with E-state index in [-0.39, 0.29) is 0 Å². The van der Waals surface area contributed by atoms with Crippen molar-refractivity contribution in [3.05, 3.63) is 22.8 Å². The Morgan fingerprint density at radius 2 is 1.89 bits per heavy atom. The van der Waals surface area contributed by atoms with E-state index in [1.54, 1.807) is 0 Å². The molecule has 100 valence electrons. The Balaban J connectivity index is 3.15. The number of nitriles is 2. The van der Waals surface area contributed by atoms with Crippen LogP contribution >= 0.6 is 0 Å². The Bertz CT molecular complexity index is 521. The fraction of sp³-hybridized carbons (Fsp3) is 0.467. The standard InChI is InChI=1S/C15H20N4/c1-4-12-6-10(3)14(18)15(13(12)5-2)19-9-11(7-16)8-17/h6,11,19H,4-5,9,18H2,1-3H3. The van der Waals surface area contributed by atoms with E-state index >= 15 is 0 Å². The van der Waals surface area contributed by atoms with Crippen LogP contribution in [0.4, 0.5) is 11.4 Å². The Hall–Kier alpha value is -2.20. The van der Waals surface area contributed by atoms with Gasteiger partial charge in [-0.25, -0.2) is 0 Å². The lowest BCUT2D eigenvalue weighted by Gasteiger charge is -2.19. The zero-order valence-electron chi connectivity index (χ0n) is 11.7. The van der Waals surface area contributed by atoms with Crippen LogP contribution in [0.25, 0.3) is 0 Å². The van der Waals surface area contributed by atoms with E-state index in [4.69, 9.17) is 16.3 Å². The number of nitrogens with two attached hydrogens (primary N) is 1. The summed E-state index contributed by atoms with van der Waals surface area (Å²) < 4.78 is 0. The van der Waals surface area contributed by atoms with Crippen molar-refractivity contribution >= 4 is 11.4 Å². The van der Waals surface area contributed by atoms with Gasteiger partial charge in [-0.05, 0) is 36.5 Å². The van der Waals surface area contributed by atoms with Gasteiger partial charge < -0.3 is 11.1 Å². The second kappa shape index (κ2) is 6.66. The molecule has 0 aliphatic carbocycles. The summed E-state index contributed by atoms with van der Waals surface area (Å²) in [7, 11) is 0. The van der Waals surface area contributed by atoms with Gasteiger partial charge in [-0.3, -0.25) is 0 Å². The molecule has 1 aromatic carbocycles. The second-order valence-electron chi connectivity index (χ2n) is 4.52. The zero-order valence-corrected chi connectivity index (χ0v) is 11.7. The number of anilines is 2. The molecule has 0 saturated carbocycles. The van der Waals surface area contributed by atoms with Crippen molar-refractivity contribution in [2.45, 2.75) is 33.6 Å². The van der Waals surface area contributed by atoms with Crippen LogP contribution in [0.3, 0.4) is 0 Å². The van der Waals surface area contributed by atoms with E-state index in [2.05, 4.69) is 25.2 Å². The molecule has 0 bridgehead atoms. The maximum absolute atomic E-state index is 8.81. The van der Waals surface area contributed by atoms with E-state index in [1.807, 2.05) is 19.1 Å². The SMILES string of the molecule is CCc1cc(C)c(N)c(NCC(C#N)C#N)c1CC. The highest BCUT2D eigenvalue weighted by Crippen LogP contribution is 2.31. The molecule has 0 unspecified atom stereocenters. The van der Waals surface area contributed by atoms with Crippen LogP contribution in [-0.2, 0) is 12.8 Å². The molecule has 0 saturated heterocycles. The molecule has 4 heteroatoms. The molecule has 0 heterocycles. The molecule has 0 radical (unpaired) electrons. The minimum absolute atomic E-state index is 0.302. The van der Waals surface area contributed by atoms with Gasteiger partial charge in [0.15, 0.2) is 0 Å². The van der Waals surface area contributed by atoms with E-state index in [9.17, 15) is 0 Å². The van der Waals surface area contributed by atoms with Gasteiger partial charge in [-0.15, -0.1) is 0 Å². The number of aryl methyl sites for hydroxylation is 2. The molecule has 0 amide bonds. The van der Waals surface area contributed by atoms with Gasteiger partial charge in [0.25, 0.3) is 0 Å².